The normalized spacial score (nSPS) is 22.4. The van der Waals surface area contributed by atoms with E-state index in [4.69, 9.17) is 4.74 Å². The van der Waals surface area contributed by atoms with Gasteiger partial charge in [0, 0.05) is 45.0 Å². The predicted octanol–water partition coefficient (Wildman–Crippen LogP) is 0.207. The van der Waals surface area contributed by atoms with Gasteiger partial charge < -0.3 is 9.64 Å². The van der Waals surface area contributed by atoms with Gasteiger partial charge in [-0.2, -0.15) is 5.10 Å². The molecule has 1 saturated heterocycles. The van der Waals surface area contributed by atoms with Crippen LogP contribution in [0.25, 0.3) is 0 Å². The summed E-state index contributed by atoms with van der Waals surface area (Å²) in [4.78, 5) is 14.9. The maximum absolute atomic E-state index is 12.9. The van der Waals surface area contributed by atoms with E-state index in [2.05, 4.69) is 9.82 Å². The van der Waals surface area contributed by atoms with E-state index in [0.717, 1.165) is 24.8 Å². The van der Waals surface area contributed by atoms with Gasteiger partial charge in [-0.1, -0.05) is 0 Å². The lowest BCUT2D eigenvalue weighted by molar-refractivity contribution is -0.139. The van der Waals surface area contributed by atoms with E-state index in [1.54, 1.807) is 6.20 Å². The summed E-state index contributed by atoms with van der Waals surface area (Å²) in [6, 6.07) is 1.95. The lowest BCUT2D eigenvalue weighted by Gasteiger charge is -2.30. The summed E-state index contributed by atoms with van der Waals surface area (Å²) in [5.41, 5.74) is 1.03. The zero-order valence-electron chi connectivity index (χ0n) is 14.6. The fraction of sp³-hybridized carbons (Fsp3) is 0.750. The van der Waals surface area contributed by atoms with Crippen molar-refractivity contribution in [3.05, 3.63) is 18.0 Å². The van der Waals surface area contributed by atoms with Crippen LogP contribution in [0.5, 0.6) is 0 Å². The van der Waals surface area contributed by atoms with Gasteiger partial charge in [-0.25, -0.2) is 13.1 Å². The first-order valence-electron chi connectivity index (χ1n) is 8.74. The highest BCUT2D eigenvalue weighted by Crippen LogP contribution is 2.23. The van der Waals surface area contributed by atoms with E-state index in [9.17, 15) is 13.2 Å². The summed E-state index contributed by atoms with van der Waals surface area (Å²) in [5.74, 6) is 0.372. The number of sulfonamides is 1. The molecule has 1 aromatic rings. The van der Waals surface area contributed by atoms with E-state index in [0.29, 0.717) is 45.8 Å². The number of ether oxygens (including phenoxy) is 1. The molecule has 1 aromatic heterocycles. The number of fused-ring (bicyclic) bond motifs is 1. The van der Waals surface area contributed by atoms with Crippen LogP contribution in [0.15, 0.2) is 12.3 Å². The maximum atomic E-state index is 12.9. The Morgan fingerprint density at radius 3 is 2.84 bits per heavy atom. The van der Waals surface area contributed by atoms with E-state index in [1.807, 2.05) is 15.6 Å². The minimum absolute atomic E-state index is 0.0259. The zero-order chi connectivity index (χ0) is 17.9. The van der Waals surface area contributed by atoms with Crippen molar-refractivity contribution in [2.24, 2.45) is 11.8 Å². The number of aromatic nitrogens is 2. The quantitative estimate of drug-likeness (QED) is 0.800. The van der Waals surface area contributed by atoms with Crippen molar-refractivity contribution in [1.29, 1.82) is 0 Å². The summed E-state index contributed by atoms with van der Waals surface area (Å²) in [6.07, 6.45) is 5.13. The lowest BCUT2D eigenvalue weighted by Crippen LogP contribution is -2.40. The van der Waals surface area contributed by atoms with E-state index in [-0.39, 0.29) is 17.7 Å². The van der Waals surface area contributed by atoms with Crippen molar-refractivity contribution in [3.63, 3.8) is 0 Å². The van der Waals surface area contributed by atoms with Crippen LogP contribution in [0.4, 0.5) is 0 Å². The summed E-state index contributed by atoms with van der Waals surface area (Å²) in [7, 11) is -3.20. The van der Waals surface area contributed by atoms with E-state index < -0.39 is 10.0 Å². The second kappa shape index (κ2) is 7.84. The van der Waals surface area contributed by atoms with Crippen molar-refractivity contribution in [3.8, 4) is 0 Å². The summed E-state index contributed by atoms with van der Waals surface area (Å²) in [6.45, 7) is 3.55. The molecule has 1 unspecified atom stereocenters. The van der Waals surface area contributed by atoms with Crippen LogP contribution >= 0.6 is 0 Å². The molecule has 0 aliphatic carbocycles. The monoisotopic (exact) mass is 370 g/mol. The number of nitrogens with one attached hydrogen (secondary N) is 1. The fourth-order valence-electron chi connectivity index (χ4n) is 3.53. The molecule has 1 N–H and O–H groups in total. The molecular formula is C16H26N4O4S. The van der Waals surface area contributed by atoms with Gasteiger partial charge in [0.1, 0.15) is 0 Å². The molecular weight excluding hydrogens is 344 g/mol. The summed E-state index contributed by atoms with van der Waals surface area (Å²) in [5, 5.41) is 4.35. The van der Waals surface area contributed by atoms with Gasteiger partial charge in [0.2, 0.25) is 15.9 Å². The Kier molecular flexibility index (Phi) is 5.75. The van der Waals surface area contributed by atoms with Gasteiger partial charge >= 0.3 is 0 Å². The number of carbonyl (C=O) groups excluding carboxylic acids is 1. The van der Waals surface area contributed by atoms with Crippen LogP contribution in [-0.2, 0) is 32.6 Å². The molecule has 2 aliphatic rings. The molecule has 1 atom stereocenters. The van der Waals surface area contributed by atoms with Gasteiger partial charge in [0.05, 0.1) is 18.5 Å². The molecule has 2 aliphatic heterocycles. The molecule has 25 heavy (non-hydrogen) atoms. The maximum Gasteiger partial charge on any atom is 0.226 e. The van der Waals surface area contributed by atoms with Gasteiger partial charge in [-0.15, -0.1) is 0 Å². The SMILES string of the molecule is CS(=O)(=O)NCCC1CN(C(=O)C2CCOCC2)Cc2ccnn2C1. The fourth-order valence-corrected chi connectivity index (χ4v) is 4.02. The van der Waals surface area contributed by atoms with Crippen LogP contribution in [0.3, 0.4) is 0 Å². The first-order chi connectivity index (χ1) is 11.9. The second-order valence-corrected chi connectivity index (χ2v) is 8.76. The van der Waals surface area contributed by atoms with Crippen molar-refractivity contribution in [2.45, 2.75) is 32.4 Å². The third kappa shape index (κ3) is 5.02. The van der Waals surface area contributed by atoms with E-state index in [1.165, 1.54) is 0 Å². The number of carbonyl (C=O) groups is 1. The standard InChI is InChI=1S/C16H26N4O4S/c1-25(22,23)18-7-2-13-10-19(12-15-3-6-17-20(15)11-13)16(21)14-4-8-24-9-5-14/h3,6,13-14,18H,2,4-5,7-12H2,1H3. The number of hydrogen-bond donors (Lipinski definition) is 1. The average Bonchev–Trinajstić information content (AvgIpc) is 2.92. The van der Waals surface area contributed by atoms with Crippen molar-refractivity contribution in [2.75, 3.05) is 32.6 Å². The summed E-state index contributed by atoms with van der Waals surface area (Å²) < 4.78 is 32.4. The molecule has 140 valence electrons. The topological polar surface area (TPSA) is 93.5 Å². The van der Waals surface area contributed by atoms with Gasteiger partial charge in [-0.05, 0) is 31.2 Å². The predicted molar refractivity (Wildman–Crippen MR) is 92.1 cm³/mol. The molecule has 0 bridgehead atoms. The number of hydrogen-bond acceptors (Lipinski definition) is 5. The van der Waals surface area contributed by atoms with Crippen LogP contribution in [0, 0.1) is 11.8 Å². The van der Waals surface area contributed by atoms with Gasteiger partial charge in [-0.3, -0.25) is 9.48 Å². The minimum Gasteiger partial charge on any atom is -0.381 e. The molecule has 0 spiro atoms. The van der Waals surface area contributed by atoms with Gasteiger partial charge in [0.25, 0.3) is 0 Å². The molecule has 9 heteroatoms. The molecule has 3 rings (SSSR count). The van der Waals surface area contributed by atoms with Crippen LogP contribution in [0.1, 0.15) is 25.0 Å². The Morgan fingerprint density at radius 2 is 2.12 bits per heavy atom. The molecule has 1 fully saturated rings. The van der Waals surface area contributed by atoms with Crippen LogP contribution < -0.4 is 4.72 Å². The third-order valence-electron chi connectivity index (χ3n) is 4.87. The minimum atomic E-state index is -3.20. The number of nitrogens with zero attached hydrogens (tertiary/aromatic N) is 3. The number of rotatable bonds is 5. The van der Waals surface area contributed by atoms with Crippen molar-refractivity contribution in [1.82, 2.24) is 19.4 Å². The molecule has 3 heterocycles. The molecule has 1 amide bonds. The molecule has 8 nitrogen and oxygen atoms in total. The molecule has 0 radical (unpaired) electrons. The largest absolute Gasteiger partial charge is 0.381 e. The van der Waals surface area contributed by atoms with Crippen molar-refractivity contribution >= 4 is 15.9 Å². The lowest BCUT2D eigenvalue weighted by atomic mass is 9.97. The van der Waals surface area contributed by atoms with Crippen molar-refractivity contribution < 1.29 is 17.9 Å². The smallest absolute Gasteiger partial charge is 0.226 e. The number of amides is 1. The van der Waals surface area contributed by atoms with Crippen LogP contribution in [-0.4, -0.2) is 61.6 Å². The Morgan fingerprint density at radius 1 is 1.36 bits per heavy atom. The summed E-state index contributed by atoms with van der Waals surface area (Å²) >= 11 is 0. The Hall–Kier alpha value is -1.45. The highest BCUT2D eigenvalue weighted by Gasteiger charge is 2.30. The highest BCUT2D eigenvalue weighted by molar-refractivity contribution is 7.88. The zero-order valence-corrected chi connectivity index (χ0v) is 15.4. The Balaban J connectivity index is 1.68. The second-order valence-electron chi connectivity index (χ2n) is 6.93. The molecule has 0 saturated carbocycles. The third-order valence-corrected chi connectivity index (χ3v) is 5.59. The van der Waals surface area contributed by atoms with E-state index >= 15 is 0 Å². The Labute approximate surface area is 148 Å². The average molecular weight is 370 g/mol. The Bertz CT molecular complexity index is 697. The first-order valence-corrected chi connectivity index (χ1v) is 10.6. The van der Waals surface area contributed by atoms with Crippen LogP contribution in [0.2, 0.25) is 0 Å². The highest BCUT2D eigenvalue weighted by atomic mass is 32.2. The van der Waals surface area contributed by atoms with Gasteiger partial charge in [0.15, 0.2) is 0 Å². The molecule has 0 aromatic carbocycles. The first kappa shape index (κ1) is 18.3.